The topological polar surface area (TPSA) is 90.3 Å². The van der Waals surface area contributed by atoms with E-state index in [2.05, 4.69) is 21.1 Å². The van der Waals surface area contributed by atoms with Crippen LogP contribution in [0.5, 0.6) is 0 Å². The Morgan fingerprint density at radius 2 is 2.04 bits per heavy atom. The van der Waals surface area contributed by atoms with Crippen LogP contribution in [0.3, 0.4) is 0 Å². The summed E-state index contributed by atoms with van der Waals surface area (Å²) in [7, 11) is 0. The molecule has 0 bridgehead atoms. The third-order valence-electron chi connectivity index (χ3n) is 3.72. The number of nitrogens with one attached hydrogen (secondary N) is 2. The van der Waals surface area contributed by atoms with Gasteiger partial charge in [0.25, 0.3) is 5.56 Å². The number of rotatable bonds is 4. The average Bonchev–Trinajstić information content (AvgIpc) is 3.23. The smallest absolute Gasteiger partial charge is 0.274 e. The molecule has 0 aliphatic heterocycles. The highest BCUT2D eigenvalue weighted by Gasteiger charge is 2.10. The van der Waals surface area contributed by atoms with Crippen LogP contribution in [0.1, 0.15) is 11.3 Å². The lowest BCUT2D eigenvalue weighted by Gasteiger charge is -2.00. The molecule has 0 saturated carbocycles. The molecule has 6 nitrogen and oxygen atoms in total. The lowest BCUT2D eigenvalue weighted by atomic mass is 10.2. The number of imidazole rings is 1. The predicted octanol–water partition coefficient (Wildman–Crippen LogP) is 3.21. The van der Waals surface area contributed by atoms with Crippen LogP contribution in [-0.4, -0.2) is 19.7 Å². The van der Waals surface area contributed by atoms with Crippen molar-refractivity contribution < 1.29 is 0 Å². The van der Waals surface area contributed by atoms with Crippen LogP contribution in [0.2, 0.25) is 0 Å². The summed E-state index contributed by atoms with van der Waals surface area (Å²) in [5, 5.41) is 12.0. The van der Waals surface area contributed by atoms with Crippen LogP contribution in [0.15, 0.2) is 64.3 Å². The molecule has 0 fully saturated rings. The minimum Gasteiger partial charge on any atom is -0.322 e. The molecule has 122 valence electrons. The Morgan fingerprint density at radius 1 is 1.16 bits per heavy atom. The molecule has 4 aromatic rings. The van der Waals surface area contributed by atoms with Gasteiger partial charge < -0.3 is 4.98 Å². The van der Waals surface area contributed by atoms with Gasteiger partial charge in [-0.1, -0.05) is 18.2 Å². The summed E-state index contributed by atoms with van der Waals surface area (Å²) in [6.45, 7) is 0. The molecule has 2 aromatic carbocycles. The second-order valence-electron chi connectivity index (χ2n) is 5.46. The highest BCUT2D eigenvalue weighted by atomic mass is 32.2. The minimum absolute atomic E-state index is 0.166. The zero-order chi connectivity index (χ0) is 17.2. The second kappa shape index (κ2) is 6.34. The van der Waals surface area contributed by atoms with Crippen molar-refractivity contribution in [3.05, 3.63) is 76.2 Å². The maximum absolute atomic E-state index is 12.2. The van der Waals surface area contributed by atoms with E-state index in [1.54, 1.807) is 23.9 Å². The van der Waals surface area contributed by atoms with Gasteiger partial charge in [0.05, 0.1) is 22.7 Å². The van der Waals surface area contributed by atoms with Gasteiger partial charge in [-0.05, 0) is 30.3 Å². The Labute approximate surface area is 147 Å². The van der Waals surface area contributed by atoms with Gasteiger partial charge in [0.2, 0.25) is 5.95 Å². The van der Waals surface area contributed by atoms with Crippen molar-refractivity contribution in [3.63, 3.8) is 0 Å². The van der Waals surface area contributed by atoms with Crippen molar-refractivity contribution in [3.8, 4) is 12.0 Å². The molecular formula is C18H13N5OS. The molecule has 0 unspecified atom stereocenters. The molecule has 2 aromatic heterocycles. The van der Waals surface area contributed by atoms with Crippen molar-refractivity contribution >= 4 is 22.8 Å². The third-order valence-corrected chi connectivity index (χ3v) is 4.76. The van der Waals surface area contributed by atoms with Crippen LogP contribution < -0.4 is 5.56 Å². The summed E-state index contributed by atoms with van der Waals surface area (Å²) in [4.78, 5) is 20.8. The highest BCUT2D eigenvalue weighted by molar-refractivity contribution is 7.98. The fourth-order valence-corrected chi connectivity index (χ4v) is 3.39. The number of thioether (sulfide) groups is 1. The van der Waals surface area contributed by atoms with Crippen LogP contribution in [0.4, 0.5) is 0 Å². The zero-order valence-corrected chi connectivity index (χ0v) is 13.9. The standard InChI is InChI=1S/C18H13N5OS/c19-10-12-4-3-5-14(8-12)25-11-13-9-17(24)23(22-13)18-20-15-6-1-2-7-16(15)21-18/h1-9,22H,11H2,(H,20,21). The average molecular weight is 347 g/mol. The molecule has 2 heterocycles. The summed E-state index contributed by atoms with van der Waals surface area (Å²) >= 11 is 1.56. The van der Waals surface area contributed by atoms with Gasteiger partial charge in [-0.2, -0.15) is 9.94 Å². The maximum Gasteiger partial charge on any atom is 0.274 e. The summed E-state index contributed by atoms with van der Waals surface area (Å²) in [6, 6.07) is 18.7. The van der Waals surface area contributed by atoms with Crippen molar-refractivity contribution in [2.24, 2.45) is 0 Å². The SMILES string of the molecule is N#Cc1cccc(SCc2cc(=O)n(-c3nc4ccccc4[nH]3)[nH]2)c1. The van der Waals surface area contributed by atoms with Crippen molar-refractivity contribution in [1.29, 1.82) is 5.26 Å². The lowest BCUT2D eigenvalue weighted by molar-refractivity contribution is 0.789. The Hall–Kier alpha value is -3.24. The van der Waals surface area contributed by atoms with E-state index in [0.29, 0.717) is 17.3 Å². The predicted molar refractivity (Wildman–Crippen MR) is 96.8 cm³/mol. The molecule has 2 N–H and O–H groups in total. The summed E-state index contributed by atoms with van der Waals surface area (Å²) in [5.41, 5.74) is 2.93. The Balaban J connectivity index is 1.57. The summed E-state index contributed by atoms with van der Waals surface area (Å²) < 4.78 is 1.40. The number of aromatic amines is 2. The maximum atomic E-state index is 12.2. The Kier molecular flexibility index (Phi) is 3.88. The quantitative estimate of drug-likeness (QED) is 0.555. The van der Waals surface area contributed by atoms with Crippen molar-refractivity contribution in [2.75, 3.05) is 0 Å². The van der Waals surface area contributed by atoms with Gasteiger partial charge >= 0.3 is 0 Å². The van der Waals surface area contributed by atoms with Crippen molar-refractivity contribution in [2.45, 2.75) is 10.6 Å². The van der Waals surface area contributed by atoms with Gasteiger partial charge in [-0.3, -0.25) is 9.89 Å². The Bertz CT molecular complexity index is 1110. The van der Waals surface area contributed by atoms with Crippen LogP contribution >= 0.6 is 11.8 Å². The van der Waals surface area contributed by atoms with Gasteiger partial charge in [-0.25, -0.2) is 4.98 Å². The van der Waals surface area contributed by atoms with E-state index in [1.165, 1.54) is 4.68 Å². The number of benzene rings is 2. The van der Waals surface area contributed by atoms with Crippen molar-refractivity contribution in [1.82, 2.24) is 19.7 Å². The molecule has 0 aliphatic rings. The van der Waals surface area contributed by atoms with Gasteiger partial charge in [0.1, 0.15) is 0 Å². The molecule has 0 amide bonds. The third kappa shape index (κ3) is 3.07. The number of fused-ring (bicyclic) bond motifs is 1. The lowest BCUT2D eigenvalue weighted by Crippen LogP contribution is -2.14. The normalized spacial score (nSPS) is 10.8. The Morgan fingerprint density at radius 3 is 2.88 bits per heavy atom. The van der Waals surface area contributed by atoms with Gasteiger partial charge in [-0.15, -0.1) is 11.8 Å². The molecule has 4 rings (SSSR count). The number of nitriles is 1. The van der Waals surface area contributed by atoms with E-state index in [9.17, 15) is 4.79 Å². The molecule has 0 saturated heterocycles. The number of nitrogens with zero attached hydrogens (tertiary/aromatic N) is 3. The molecule has 0 spiro atoms. The molecule has 25 heavy (non-hydrogen) atoms. The highest BCUT2D eigenvalue weighted by Crippen LogP contribution is 2.22. The first kappa shape index (κ1) is 15.3. The molecular weight excluding hydrogens is 334 g/mol. The summed E-state index contributed by atoms with van der Waals surface area (Å²) in [6.07, 6.45) is 0. The molecule has 0 radical (unpaired) electrons. The van der Waals surface area contributed by atoms with E-state index >= 15 is 0 Å². The van der Waals surface area contributed by atoms with E-state index in [0.717, 1.165) is 21.6 Å². The van der Waals surface area contributed by atoms with E-state index in [4.69, 9.17) is 5.26 Å². The number of hydrogen-bond acceptors (Lipinski definition) is 4. The molecule has 0 aliphatic carbocycles. The molecule has 0 atom stereocenters. The van der Waals surface area contributed by atoms with Crippen LogP contribution in [0, 0.1) is 11.3 Å². The zero-order valence-electron chi connectivity index (χ0n) is 13.1. The van der Waals surface area contributed by atoms with E-state index in [1.807, 2.05) is 42.5 Å². The van der Waals surface area contributed by atoms with Gasteiger partial charge in [0.15, 0.2) is 0 Å². The monoisotopic (exact) mass is 347 g/mol. The first-order chi connectivity index (χ1) is 12.2. The number of hydrogen-bond donors (Lipinski definition) is 2. The number of para-hydroxylation sites is 2. The first-order valence-corrected chi connectivity index (χ1v) is 8.60. The summed E-state index contributed by atoms with van der Waals surface area (Å²) in [5.74, 6) is 1.06. The minimum atomic E-state index is -0.166. The van der Waals surface area contributed by atoms with Gasteiger partial charge in [0, 0.05) is 22.4 Å². The first-order valence-electron chi connectivity index (χ1n) is 7.62. The largest absolute Gasteiger partial charge is 0.322 e. The fraction of sp³-hybridized carbons (Fsp3) is 0.0556. The van der Waals surface area contributed by atoms with Crippen LogP contribution in [0.25, 0.3) is 17.0 Å². The van der Waals surface area contributed by atoms with Crippen LogP contribution in [-0.2, 0) is 5.75 Å². The van der Waals surface area contributed by atoms with E-state index in [-0.39, 0.29) is 5.56 Å². The fourth-order valence-electron chi connectivity index (χ4n) is 2.54. The van der Waals surface area contributed by atoms with E-state index < -0.39 is 0 Å². The second-order valence-corrected chi connectivity index (χ2v) is 6.51. The molecule has 7 heteroatoms. The number of aromatic nitrogens is 4. The number of H-pyrrole nitrogens is 2.